The Morgan fingerprint density at radius 1 is 1.33 bits per heavy atom. The highest BCUT2D eigenvalue weighted by atomic mass is 32.1. The highest BCUT2D eigenvalue weighted by Crippen LogP contribution is 2.28. The molecule has 0 saturated heterocycles. The molecule has 1 N–H and O–H groups in total. The molecular formula is C18H23N3O2S. The molecule has 1 aliphatic rings. The Kier molecular flexibility index (Phi) is 5.48. The van der Waals surface area contributed by atoms with Crippen LogP contribution in [-0.4, -0.2) is 35.5 Å². The zero-order valence-corrected chi connectivity index (χ0v) is 15.0. The molecule has 1 aromatic carbocycles. The van der Waals surface area contributed by atoms with Crippen molar-refractivity contribution >= 4 is 22.4 Å². The molecule has 1 aliphatic heterocycles. The molecule has 1 amide bonds. The van der Waals surface area contributed by atoms with E-state index >= 15 is 0 Å². The summed E-state index contributed by atoms with van der Waals surface area (Å²) in [6.07, 6.45) is 2.13. The lowest BCUT2D eigenvalue weighted by molar-refractivity contribution is 0.102. The number of carbonyl (C=O) groups is 1. The largest absolute Gasteiger partial charge is 0.494 e. The third-order valence-corrected chi connectivity index (χ3v) is 5.00. The van der Waals surface area contributed by atoms with Crippen LogP contribution in [0.4, 0.5) is 5.13 Å². The summed E-state index contributed by atoms with van der Waals surface area (Å²) in [7, 11) is 0. The lowest BCUT2D eigenvalue weighted by Crippen LogP contribution is -2.30. The number of fused-ring (bicyclic) bond motifs is 1. The van der Waals surface area contributed by atoms with Gasteiger partial charge in [-0.25, -0.2) is 4.98 Å². The number of rotatable bonds is 6. The maximum atomic E-state index is 12.4. The van der Waals surface area contributed by atoms with Crippen molar-refractivity contribution < 1.29 is 9.53 Å². The van der Waals surface area contributed by atoms with E-state index in [2.05, 4.69) is 22.1 Å². The predicted octanol–water partition coefficient (Wildman–Crippen LogP) is 3.56. The number of aromatic nitrogens is 1. The van der Waals surface area contributed by atoms with Gasteiger partial charge in [-0.05, 0) is 44.2 Å². The van der Waals surface area contributed by atoms with Gasteiger partial charge in [0.15, 0.2) is 5.13 Å². The van der Waals surface area contributed by atoms with Crippen LogP contribution in [0.15, 0.2) is 24.3 Å². The second kappa shape index (κ2) is 7.77. The average Bonchev–Trinajstić information content (AvgIpc) is 2.97. The van der Waals surface area contributed by atoms with E-state index in [1.807, 2.05) is 19.1 Å². The monoisotopic (exact) mass is 345 g/mol. The molecule has 2 heterocycles. The number of nitrogens with zero attached hydrogens (tertiary/aromatic N) is 2. The fourth-order valence-corrected chi connectivity index (χ4v) is 3.89. The Balaban J connectivity index is 1.65. The van der Waals surface area contributed by atoms with E-state index in [-0.39, 0.29) is 5.91 Å². The second-order valence-electron chi connectivity index (χ2n) is 5.83. The SMILES string of the molecule is CCCN1CCc2nc(NC(=O)c3ccc(OCC)cc3)sc2C1. The van der Waals surface area contributed by atoms with Gasteiger partial charge in [0.1, 0.15) is 5.75 Å². The van der Waals surface area contributed by atoms with E-state index in [1.165, 1.54) is 4.88 Å². The Bertz CT molecular complexity index is 697. The van der Waals surface area contributed by atoms with E-state index in [1.54, 1.807) is 23.5 Å². The summed E-state index contributed by atoms with van der Waals surface area (Å²) in [5.41, 5.74) is 1.74. The molecule has 0 atom stereocenters. The van der Waals surface area contributed by atoms with Crippen LogP contribution in [0.3, 0.4) is 0 Å². The Labute approximate surface area is 146 Å². The molecule has 2 aromatic rings. The van der Waals surface area contributed by atoms with E-state index in [0.29, 0.717) is 17.3 Å². The third kappa shape index (κ3) is 3.94. The number of ether oxygens (including phenoxy) is 1. The Morgan fingerprint density at radius 2 is 2.12 bits per heavy atom. The zero-order valence-electron chi connectivity index (χ0n) is 14.2. The quantitative estimate of drug-likeness (QED) is 0.870. The van der Waals surface area contributed by atoms with Crippen LogP contribution in [0.5, 0.6) is 5.75 Å². The molecule has 3 rings (SSSR count). The second-order valence-corrected chi connectivity index (χ2v) is 6.91. The van der Waals surface area contributed by atoms with Gasteiger partial charge in [0.2, 0.25) is 0 Å². The first kappa shape index (κ1) is 16.9. The summed E-state index contributed by atoms with van der Waals surface area (Å²) in [4.78, 5) is 20.7. The molecule has 0 radical (unpaired) electrons. The first-order valence-corrected chi connectivity index (χ1v) is 9.26. The van der Waals surface area contributed by atoms with Crippen LogP contribution in [0.25, 0.3) is 0 Å². The Morgan fingerprint density at radius 3 is 2.83 bits per heavy atom. The van der Waals surface area contributed by atoms with Crippen LogP contribution in [0, 0.1) is 0 Å². The van der Waals surface area contributed by atoms with Crippen molar-refractivity contribution in [2.45, 2.75) is 33.2 Å². The number of amides is 1. The van der Waals surface area contributed by atoms with Crippen molar-refractivity contribution in [3.8, 4) is 5.75 Å². The van der Waals surface area contributed by atoms with Gasteiger partial charge < -0.3 is 4.74 Å². The van der Waals surface area contributed by atoms with Gasteiger partial charge in [0.25, 0.3) is 5.91 Å². The third-order valence-electron chi connectivity index (χ3n) is 4.00. The fraction of sp³-hybridized carbons (Fsp3) is 0.444. The van der Waals surface area contributed by atoms with Gasteiger partial charge in [0, 0.05) is 30.0 Å². The first-order valence-electron chi connectivity index (χ1n) is 8.44. The minimum absolute atomic E-state index is 0.130. The van der Waals surface area contributed by atoms with Crippen LogP contribution < -0.4 is 10.1 Å². The number of carbonyl (C=O) groups excluding carboxylic acids is 1. The molecule has 0 fully saturated rings. The molecule has 0 aliphatic carbocycles. The van der Waals surface area contributed by atoms with E-state index < -0.39 is 0 Å². The summed E-state index contributed by atoms with van der Waals surface area (Å²) >= 11 is 1.59. The smallest absolute Gasteiger partial charge is 0.257 e. The average molecular weight is 345 g/mol. The van der Waals surface area contributed by atoms with Crippen LogP contribution in [-0.2, 0) is 13.0 Å². The van der Waals surface area contributed by atoms with Crippen molar-refractivity contribution in [2.24, 2.45) is 0 Å². The number of anilines is 1. The molecule has 0 saturated carbocycles. The summed E-state index contributed by atoms with van der Waals surface area (Å²) in [5.74, 6) is 0.643. The molecule has 0 bridgehead atoms. The van der Waals surface area contributed by atoms with Gasteiger partial charge in [-0.1, -0.05) is 6.92 Å². The van der Waals surface area contributed by atoms with Gasteiger partial charge in [0.05, 0.1) is 12.3 Å². The molecule has 0 unspecified atom stereocenters. The predicted molar refractivity (Wildman–Crippen MR) is 97.0 cm³/mol. The van der Waals surface area contributed by atoms with Gasteiger partial charge in [-0.2, -0.15) is 0 Å². The summed E-state index contributed by atoms with van der Waals surface area (Å²) in [5, 5.41) is 3.61. The van der Waals surface area contributed by atoms with Crippen LogP contribution >= 0.6 is 11.3 Å². The topological polar surface area (TPSA) is 54.5 Å². The lowest BCUT2D eigenvalue weighted by atomic mass is 10.2. The van der Waals surface area contributed by atoms with Crippen LogP contribution in [0.1, 0.15) is 41.2 Å². The summed E-state index contributed by atoms with van der Waals surface area (Å²) in [6.45, 7) is 7.87. The van der Waals surface area contributed by atoms with E-state index in [4.69, 9.17) is 4.74 Å². The van der Waals surface area contributed by atoms with E-state index in [9.17, 15) is 4.79 Å². The summed E-state index contributed by atoms with van der Waals surface area (Å²) in [6, 6.07) is 7.18. The highest BCUT2D eigenvalue weighted by Gasteiger charge is 2.21. The molecule has 128 valence electrons. The van der Waals surface area contributed by atoms with Gasteiger partial charge in [-0.3, -0.25) is 15.0 Å². The molecular weight excluding hydrogens is 322 g/mol. The molecule has 5 nitrogen and oxygen atoms in total. The standard InChI is InChI=1S/C18H23N3O2S/c1-3-10-21-11-9-15-16(12-21)24-18(19-15)20-17(22)13-5-7-14(8-6-13)23-4-2/h5-8H,3-4,9-12H2,1-2H3,(H,19,20,22). The van der Waals surface area contributed by atoms with Crippen LogP contribution in [0.2, 0.25) is 0 Å². The van der Waals surface area contributed by atoms with Crippen molar-refractivity contribution in [1.82, 2.24) is 9.88 Å². The lowest BCUT2D eigenvalue weighted by Gasteiger charge is -2.24. The fourth-order valence-electron chi connectivity index (χ4n) is 2.85. The number of hydrogen-bond acceptors (Lipinski definition) is 5. The zero-order chi connectivity index (χ0) is 16.9. The number of nitrogens with one attached hydrogen (secondary N) is 1. The highest BCUT2D eigenvalue weighted by molar-refractivity contribution is 7.15. The minimum atomic E-state index is -0.130. The summed E-state index contributed by atoms with van der Waals surface area (Å²) < 4.78 is 5.40. The van der Waals surface area contributed by atoms with Crippen molar-refractivity contribution in [1.29, 1.82) is 0 Å². The molecule has 0 spiro atoms. The van der Waals surface area contributed by atoms with Crippen molar-refractivity contribution in [3.63, 3.8) is 0 Å². The van der Waals surface area contributed by atoms with Gasteiger partial charge >= 0.3 is 0 Å². The molecule has 1 aromatic heterocycles. The van der Waals surface area contributed by atoms with Crippen molar-refractivity contribution in [2.75, 3.05) is 25.0 Å². The number of benzene rings is 1. The maximum absolute atomic E-state index is 12.4. The number of hydrogen-bond donors (Lipinski definition) is 1. The van der Waals surface area contributed by atoms with E-state index in [0.717, 1.165) is 43.9 Å². The van der Waals surface area contributed by atoms with Crippen molar-refractivity contribution in [3.05, 3.63) is 40.4 Å². The van der Waals surface area contributed by atoms with Gasteiger partial charge in [-0.15, -0.1) is 11.3 Å². The normalized spacial score (nSPS) is 14.2. The molecule has 24 heavy (non-hydrogen) atoms. The molecule has 6 heteroatoms. The first-order chi connectivity index (χ1) is 11.7. The number of thiazole rings is 1. The Hall–Kier alpha value is -1.92. The maximum Gasteiger partial charge on any atom is 0.257 e. The minimum Gasteiger partial charge on any atom is -0.494 e.